The molecular weight excluding hydrogens is 348 g/mol. The molecule has 27 heavy (non-hydrogen) atoms. The second-order valence-electron chi connectivity index (χ2n) is 6.51. The van der Waals surface area contributed by atoms with Crippen LogP contribution in [-0.2, 0) is 16.8 Å². The summed E-state index contributed by atoms with van der Waals surface area (Å²) in [5, 5.41) is 10.7. The monoisotopic (exact) mass is 370 g/mol. The van der Waals surface area contributed by atoms with Crippen LogP contribution in [0.1, 0.15) is 16.7 Å². The largest absolute Gasteiger partial charge is 0.504 e. The first-order chi connectivity index (χ1) is 13.1. The molecule has 0 amide bonds. The number of phenolic OH excluding ortho intramolecular Hbond substituents is 1. The molecule has 4 rings (SSSR count). The van der Waals surface area contributed by atoms with Crippen LogP contribution in [0.4, 0.5) is 0 Å². The molecule has 0 saturated heterocycles. The van der Waals surface area contributed by atoms with Crippen molar-refractivity contribution < 1.29 is 28.8 Å². The lowest BCUT2D eigenvalue weighted by Crippen LogP contribution is -2.35. The molecule has 142 valence electrons. The minimum Gasteiger partial charge on any atom is -0.504 e. The SMILES string of the molecule is COc1ccc2c(c1O)C[C@@H]1C=C[C@@]2(c2cc(OC)c(OC)c(OC)c2)O1. The summed E-state index contributed by atoms with van der Waals surface area (Å²) in [7, 11) is 6.28. The standard InChI is InChI=1S/C21H22O6/c1-23-16-6-5-15-14(19(16)22)11-13-7-8-21(15,27-13)12-9-17(24-2)20(26-4)18(10-12)25-3/h5-10,13,22H,11H2,1-4H3/t13-,21-/m0/s1. The topological polar surface area (TPSA) is 66.4 Å². The summed E-state index contributed by atoms with van der Waals surface area (Å²) in [6.07, 6.45) is 4.50. The van der Waals surface area contributed by atoms with Gasteiger partial charge >= 0.3 is 0 Å². The summed E-state index contributed by atoms with van der Waals surface area (Å²) in [5.41, 5.74) is 1.69. The van der Waals surface area contributed by atoms with Crippen molar-refractivity contribution in [2.45, 2.75) is 18.1 Å². The van der Waals surface area contributed by atoms with Gasteiger partial charge in [-0.3, -0.25) is 0 Å². The van der Waals surface area contributed by atoms with Crippen LogP contribution in [0.5, 0.6) is 28.7 Å². The molecule has 2 atom stereocenters. The molecule has 2 aromatic carbocycles. The molecule has 0 aromatic heterocycles. The zero-order valence-electron chi connectivity index (χ0n) is 15.7. The lowest BCUT2D eigenvalue weighted by Gasteiger charge is -2.37. The predicted octanol–water partition coefficient (Wildman–Crippen LogP) is 3.18. The van der Waals surface area contributed by atoms with Crippen molar-refractivity contribution >= 4 is 0 Å². The molecule has 6 heteroatoms. The smallest absolute Gasteiger partial charge is 0.203 e. The second-order valence-corrected chi connectivity index (χ2v) is 6.51. The van der Waals surface area contributed by atoms with Gasteiger partial charge in [-0.2, -0.15) is 0 Å². The average molecular weight is 370 g/mol. The molecule has 2 bridgehead atoms. The van der Waals surface area contributed by atoms with Crippen LogP contribution in [0.3, 0.4) is 0 Å². The highest BCUT2D eigenvalue weighted by atomic mass is 16.5. The van der Waals surface area contributed by atoms with E-state index in [2.05, 4.69) is 0 Å². The molecule has 6 nitrogen and oxygen atoms in total. The first kappa shape index (κ1) is 17.5. The number of methoxy groups -OCH3 is 4. The molecule has 2 aromatic rings. The maximum atomic E-state index is 10.7. The molecule has 0 radical (unpaired) electrons. The Balaban J connectivity index is 1.95. The van der Waals surface area contributed by atoms with Crippen LogP contribution in [-0.4, -0.2) is 39.6 Å². The Hall–Kier alpha value is -2.86. The number of hydrogen-bond acceptors (Lipinski definition) is 6. The van der Waals surface area contributed by atoms with Crippen molar-refractivity contribution in [3.8, 4) is 28.7 Å². The Labute approximate surface area is 157 Å². The third-order valence-electron chi connectivity index (χ3n) is 5.25. The average Bonchev–Trinajstić information content (AvgIpc) is 3.06. The third-order valence-corrected chi connectivity index (χ3v) is 5.25. The molecule has 2 aliphatic rings. The van der Waals surface area contributed by atoms with E-state index in [4.69, 9.17) is 23.7 Å². The normalized spacial score (nSPS) is 22.3. The van der Waals surface area contributed by atoms with E-state index >= 15 is 0 Å². The van der Waals surface area contributed by atoms with Gasteiger partial charge in [0.15, 0.2) is 23.0 Å². The Bertz CT molecular complexity index is 894. The first-order valence-electron chi connectivity index (χ1n) is 8.65. The highest BCUT2D eigenvalue weighted by Crippen LogP contribution is 2.52. The van der Waals surface area contributed by atoms with E-state index in [1.165, 1.54) is 0 Å². The maximum absolute atomic E-state index is 10.7. The number of ether oxygens (including phenoxy) is 5. The van der Waals surface area contributed by atoms with Gasteiger partial charge in [0.1, 0.15) is 5.60 Å². The summed E-state index contributed by atoms with van der Waals surface area (Å²) in [6.45, 7) is 0. The van der Waals surface area contributed by atoms with E-state index in [9.17, 15) is 5.11 Å². The number of fused-ring (bicyclic) bond motifs is 4. The van der Waals surface area contributed by atoms with Crippen molar-refractivity contribution in [3.63, 3.8) is 0 Å². The summed E-state index contributed by atoms with van der Waals surface area (Å²) >= 11 is 0. The van der Waals surface area contributed by atoms with Crippen molar-refractivity contribution in [3.05, 3.63) is 53.1 Å². The number of hydrogen-bond donors (Lipinski definition) is 1. The van der Waals surface area contributed by atoms with Gasteiger partial charge in [0.25, 0.3) is 0 Å². The fraction of sp³-hybridized carbons (Fsp3) is 0.333. The lowest BCUT2D eigenvalue weighted by molar-refractivity contribution is -0.0121. The molecule has 1 N–H and O–H groups in total. The first-order valence-corrected chi connectivity index (χ1v) is 8.65. The molecule has 2 aliphatic heterocycles. The third kappa shape index (κ3) is 2.44. The number of benzene rings is 2. The van der Waals surface area contributed by atoms with Crippen LogP contribution in [0, 0.1) is 0 Å². The van der Waals surface area contributed by atoms with E-state index in [-0.39, 0.29) is 11.9 Å². The highest BCUT2D eigenvalue weighted by molar-refractivity contribution is 5.62. The molecule has 2 heterocycles. The van der Waals surface area contributed by atoms with Crippen LogP contribution in [0.15, 0.2) is 36.4 Å². The Morgan fingerprint density at radius 3 is 2.22 bits per heavy atom. The molecule has 0 saturated carbocycles. The van der Waals surface area contributed by atoms with Crippen molar-refractivity contribution in [2.75, 3.05) is 28.4 Å². The molecule has 0 aliphatic carbocycles. The van der Waals surface area contributed by atoms with E-state index in [0.717, 1.165) is 16.7 Å². The van der Waals surface area contributed by atoms with Crippen LogP contribution < -0.4 is 18.9 Å². The van der Waals surface area contributed by atoms with E-state index in [0.29, 0.717) is 29.4 Å². The van der Waals surface area contributed by atoms with Crippen LogP contribution in [0.25, 0.3) is 0 Å². The molecule has 0 fully saturated rings. The van der Waals surface area contributed by atoms with Gasteiger partial charge in [-0.1, -0.05) is 12.1 Å². The lowest BCUT2D eigenvalue weighted by atomic mass is 9.81. The predicted molar refractivity (Wildman–Crippen MR) is 99.3 cm³/mol. The van der Waals surface area contributed by atoms with Gasteiger partial charge in [0, 0.05) is 12.0 Å². The van der Waals surface area contributed by atoms with Crippen molar-refractivity contribution in [1.82, 2.24) is 0 Å². The molecule has 0 spiro atoms. The fourth-order valence-corrected chi connectivity index (χ4v) is 3.97. The second kappa shape index (κ2) is 6.39. The van der Waals surface area contributed by atoms with Gasteiger partial charge in [0.05, 0.1) is 34.5 Å². The van der Waals surface area contributed by atoms with Gasteiger partial charge in [0.2, 0.25) is 5.75 Å². The summed E-state index contributed by atoms with van der Waals surface area (Å²) in [5.74, 6) is 2.23. The number of aromatic hydroxyl groups is 1. The minimum atomic E-state index is -0.838. The highest BCUT2D eigenvalue weighted by Gasteiger charge is 2.46. The van der Waals surface area contributed by atoms with E-state index < -0.39 is 5.60 Å². The Morgan fingerprint density at radius 1 is 0.963 bits per heavy atom. The number of rotatable bonds is 5. The minimum absolute atomic E-state index is 0.130. The quantitative estimate of drug-likeness (QED) is 0.816. The Kier molecular flexibility index (Phi) is 4.15. The Morgan fingerprint density at radius 2 is 1.63 bits per heavy atom. The van der Waals surface area contributed by atoms with E-state index in [1.54, 1.807) is 34.5 Å². The molecule has 0 unspecified atom stereocenters. The van der Waals surface area contributed by atoms with Gasteiger partial charge in [-0.15, -0.1) is 0 Å². The zero-order chi connectivity index (χ0) is 19.2. The fourth-order valence-electron chi connectivity index (χ4n) is 3.97. The summed E-state index contributed by atoms with van der Waals surface area (Å²) < 4.78 is 28.1. The maximum Gasteiger partial charge on any atom is 0.203 e. The van der Waals surface area contributed by atoms with Crippen molar-refractivity contribution in [2.24, 2.45) is 0 Å². The van der Waals surface area contributed by atoms with E-state index in [1.807, 2.05) is 30.4 Å². The summed E-state index contributed by atoms with van der Waals surface area (Å²) in [4.78, 5) is 0. The van der Waals surface area contributed by atoms with Gasteiger partial charge in [-0.25, -0.2) is 0 Å². The number of phenols is 1. The van der Waals surface area contributed by atoms with Gasteiger partial charge in [-0.05, 0) is 35.4 Å². The van der Waals surface area contributed by atoms with Crippen molar-refractivity contribution in [1.29, 1.82) is 0 Å². The van der Waals surface area contributed by atoms with Gasteiger partial charge < -0.3 is 28.8 Å². The van der Waals surface area contributed by atoms with Crippen LogP contribution in [0.2, 0.25) is 0 Å². The van der Waals surface area contributed by atoms with Crippen LogP contribution >= 0.6 is 0 Å². The summed E-state index contributed by atoms with van der Waals surface area (Å²) in [6, 6.07) is 7.45. The molecular formula is C21H22O6. The zero-order valence-corrected chi connectivity index (χ0v) is 15.7.